The summed E-state index contributed by atoms with van der Waals surface area (Å²) in [6, 6.07) is 0. The first-order valence-corrected chi connectivity index (χ1v) is 10.2. The number of hydrogen-bond donors (Lipinski definition) is 2. The Balaban J connectivity index is 1.60. The quantitative estimate of drug-likeness (QED) is 0.797. The standard InChI is InChI=1S/C19H23N3O4S/c1-9-10(2)27-18(14(9)17-20-15(22-26-17)11-7-8-11)21-16(23)12-5-3-4-6-13(12)19(24)25/h11-13H,3-8H2,1-2H3,(H,21,23)(H,24,25)/t12-,13-/m1/s1. The Bertz CT molecular complexity index is 884. The van der Waals surface area contributed by atoms with E-state index in [0.717, 1.165) is 47.5 Å². The van der Waals surface area contributed by atoms with Gasteiger partial charge in [-0.2, -0.15) is 4.98 Å². The summed E-state index contributed by atoms with van der Waals surface area (Å²) in [6.07, 6.45) is 5.07. The molecule has 0 bridgehead atoms. The van der Waals surface area contributed by atoms with Gasteiger partial charge in [-0.3, -0.25) is 9.59 Å². The molecule has 7 nitrogen and oxygen atoms in total. The molecule has 0 radical (unpaired) electrons. The Hall–Kier alpha value is -2.22. The predicted octanol–water partition coefficient (Wildman–Crippen LogP) is 4.12. The first-order valence-electron chi connectivity index (χ1n) is 9.43. The normalized spacial score (nSPS) is 22.6. The lowest BCUT2D eigenvalue weighted by Crippen LogP contribution is -2.35. The van der Waals surface area contributed by atoms with Crippen LogP contribution < -0.4 is 5.32 Å². The number of aryl methyl sites for hydroxylation is 1. The predicted molar refractivity (Wildman–Crippen MR) is 101 cm³/mol. The van der Waals surface area contributed by atoms with Crippen LogP contribution in [0.5, 0.6) is 0 Å². The van der Waals surface area contributed by atoms with Crippen molar-refractivity contribution in [2.75, 3.05) is 5.32 Å². The third kappa shape index (κ3) is 3.50. The van der Waals surface area contributed by atoms with Crippen molar-refractivity contribution in [2.24, 2.45) is 11.8 Å². The number of carboxylic acid groups (broad SMARTS) is 1. The maximum Gasteiger partial charge on any atom is 0.307 e. The van der Waals surface area contributed by atoms with Crippen LogP contribution in [0.15, 0.2) is 4.52 Å². The minimum Gasteiger partial charge on any atom is -0.481 e. The van der Waals surface area contributed by atoms with Crippen molar-refractivity contribution < 1.29 is 19.2 Å². The van der Waals surface area contributed by atoms with Crippen molar-refractivity contribution >= 4 is 28.2 Å². The fourth-order valence-electron chi connectivity index (χ4n) is 3.76. The number of amides is 1. The van der Waals surface area contributed by atoms with Crippen molar-refractivity contribution in [3.63, 3.8) is 0 Å². The maximum atomic E-state index is 12.9. The van der Waals surface area contributed by atoms with Crippen molar-refractivity contribution in [2.45, 2.75) is 58.3 Å². The first-order chi connectivity index (χ1) is 13.0. The molecule has 2 atom stereocenters. The van der Waals surface area contributed by atoms with E-state index in [1.165, 1.54) is 11.3 Å². The zero-order chi connectivity index (χ0) is 19.1. The van der Waals surface area contributed by atoms with Gasteiger partial charge in [0.25, 0.3) is 5.89 Å². The van der Waals surface area contributed by atoms with Gasteiger partial charge in [-0.1, -0.05) is 18.0 Å². The van der Waals surface area contributed by atoms with Gasteiger partial charge in [0.15, 0.2) is 5.82 Å². The minimum atomic E-state index is -0.889. The first kappa shape index (κ1) is 18.2. The van der Waals surface area contributed by atoms with Crippen molar-refractivity contribution in [1.29, 1.82) is 0 Å². The van der Waals surface area contributed by atoms with Gasteiger partial charge in [0.05, 0.1) is 17.4 Å². The number of nitrogens with zero attached hydrogens (tertiary/aromatic N) is 2. The average molecular weight is 389 g/mol. The van der Waals surface area contributed by atoms with E-state index in [1.807, 2.05) is 13.8 Å². The van der Waals surface area contributed by atoms with Gasteiger partial charge in [-0.05, 0) is 45.1 Å². The molecule has 0 saturated heterocycles. The lowest BCUT2D eigenvalue weighted by molar-refractivity contribution is -0.147. The lowest BCUT2D eigenvalue weighted by Gasteiger charge is -2.27. The summed E-state index contributed by atoms with van der Waals surface area (Å²) in [5.74, 6) is -0.702. The molecule has 27 heavy (non-hydrogen) atoms. The van der Waals surface area contributed by atoms with E-state index in [2.05, 4.69) is 15.5 Å². The second-order valence-corrected chi connectivity index (χ2v) is 8.77. The molecule has 4 rings (SSSR count). The third-order valence-corrected chi connectivity index (χ3v) is 6.76. The zero-order valence-corrected chi connectivity index (χ0v) is 16.3. The second-order valence-electron chi connectivity index (χ2n) is 7.54. The highest BCUT2D eigenvalue weighted by atomic mass is 32.1. The van der Waals surface area contributed by atoms with Crippen LogP contribution in [-0.4, -0.2) is 27.1 Å². The minimum absolute atomic E-state index is 0.230. The van der Waals surface area contributed by atoms with Gasteiger partial charge in [-0.15, -0.1) is 11.3 Å². The number of anilines is 1. The number of thiophene rings is 1. The van der Waals surface area contributed by atoms with Crippen LogP contribution in [0.2, 0.25) is 0 Å². The van der Waals surface area contributed by atoms with Gasteiger partial charge in [0.1, 0.15) is 5.00 Å². The molecular weight excluding hydrogens is 366 g/mol. The van der Waals surface area contributed by atoms with Crippen LogP contribution >= 0.6 is 11.3 Å². The van der Waals surface area contributed by atoms with Gasteiger partial charge in [0, 0.05) is 10.8 Å². The lowest BCUT2D eigenvalue weighted by atomic mass is 9.79. The average Bonchev–Trinajstić information content (AvgIpc) is 3.32. The Morgan fingerprint density at radius 3 is 2.52 bits per heavy atom. The fraction of sp³-hybridized carbons (Fsp3) is 0.579. The number of carboxylic acids is 1. The van der Waals surface area contributed by atoms with Crippen LogP contribution in [-0.2, 0) is 9.59 Å². The second kappa shape index (κ2) is 7.07. The Labute approximate surface area is 161 Å². The molecule has 0 unspecified atom stereocenters. The van der Waals surface area contributed by atoms with Crippen LogP contribution in [0.1, 0.15) is 60.7 Å². The number of aliphatic carboxylic acids is 1. The maximum absolute atomic E-state index is 12.9. The molecule has 2 aromatic heterocycles. The summed E-state index contributed by atoms with van der Waals surface area (Å²) >= 11 is 1.46. The molecule has 2 aliphatic rings. The Morgan fingerprint density at radius 2 is 1.85 bits per heavy atom. The molecule has 8 heteroatoms. The number of carbonyl (C=O) groups is 2. The van der Waals surface area contributed by atoms with Gasteiger partial charge in [-0.25, -0.2) is 0 Å². The number of nitrogens with one attached hydrogen (secondary N) is 1. The Kier molecular flexibility index (Phi) is 4.75. The summed E-state index contributed by atoms with van der Waals surface area (Å²) in [5.41, 5.74) is 1.76. The summed E-state index contributed by atoms with van der Waals surface area (Å²) in [6.45, 7) is 3.95. The van der Waals surface area contributed by atoms with Crippen LogP contribution in [0.3, 0.4) is 0 Å². The summed E-state index contributed by atoms with van der Waals surface area (Å²) in [5, 5.41) is 17.2. The van der Waals surface area contributed by atoms with E-state index < -0.39 is 17.8 Å². The summed E-state index contributed by atoms with van der Waals surface area (Å²) < 4.78 is 5.47. The topological polar surface area (TPSA) is 105 Å². The van der Waals surface area contributed by atoms with E-state index >= 15 is 0 Å². The van der Waals surface area contributed by atoms with E-state index in [1.54, 1.807) is 0 Å². The molecular formula is C19H23N3O4S. The molecule has 1 amide bonds. The van der Waals surface area contributed by atoms with Gasteiger partial charge in [0.2, 0.25) is 5.91 Å². The van der Waals surface area contributed by atoms with Crippen LogP contribution in [0, 0.1) is 25.7 Å². The fourth-order valence-corrected chi connectivity index (χ4v) is 4.82. The molecule has 144 valence electrons. The van der Waals surface area contributed by atoms with Crippen molar-refractivity contribution in [1.82, 2.24) is 10.1 Å². The van der Waals surface area contributed by atoms with Crippen LogP contribution in [0.4, 0.5) is 5.00 Å². The molecule has 2 aliphatic carbocycles. The molecule has 0 spiro atoms. The van der Waals surface area contributed by atoms with Gasteiger partial charge < -0.3 is 14.9 Å². The smallest absolute Gasteiger partial charge is 0.307 e. The number of rotatable bonds is 5. The third-order valence-electron chi connectivity index (χ3n) is 5.64. The Morgan fingerprint density at radius 1 is 1.15 bits per heavy atom. The van der Waals surface area contributed by atoms with Crippen molar-refractivity contribution in [3.05, 3.63) is 16.3 Å². The highest BCUT2D eigenvalue weighted by Gasteiger charge is 2.37. The van der Waals surface area contributed by atoms with E-state index in [4.69, 9.17) is 4.52 Å². The molecule has 2 aromatic rings. The molecule has 2 heterocycles. The SMILES string of the molecule is Cc1sc(NC(=O)[C@@H]2CCCC[C@H]2C(=O)O)c(-c2nc(C3CC3)no2)c1C. The molecule has 2 saturated carbocycles. The summed E-state index contributed by atoms with van der Waals surface area (Å²) in [7, 11) is 0. The molecule has 0 aromatic carbocycles. The van der Waals surface area contributed by atoms with E-state index in [9.17, 15) is 14.7 Å². The monoisotopic (exact) mass is 389 g/mol. The summed E-state index contributed by atoms with van der Waals surface area (Å²) in [4.78, 5) is 30.0. The van der Waals surface area contributed by atoms with E-state index in [-0.39, 0.29) is 5.91 Å². The van der Waals surface area contributed by atoms with E-state index in [0.29, 0.717) is 29.7 Å². The van der Waals surface area contributed by atoms with Gasteiger partial charge >= 0.3 is 5.97 Å². The molecule has 0 aliphatic heterocycles. The number of carbonyl (C=O) groups excluding carboxylic acids is 1. The largest absolute Gasteiger partial charge is 0.481 e. The highest BCUT2D eigenvalue weighted by molar-refractivity contribution is 7.17. The number of aromatic nitrogens is 2. The molecule has 2 fully saturated rings. The number of hydrogen-bond acceptors (Lipinski definition) is 6. The highest BCUT2D eigenvalue weighted by Crippen LogP contribution is 2.43. The molecule has 2 N–H and O–H groups in total. The van der Waals surface area contributed by atoms with Crippen molar-refractivity contribution in [3.8, 4) is 11.5 Å². The van der Waals surface area contributed by atoms with Crippen LogP contribution in [0.25, 0.3) is 11.5 Å². The zero-order valence-electron chi connectivity index (χ0n) is 15.4.